The number of carbonyl (C=O) groups excluding carboxylic acids is 1. The lowest BCUT2D eigenvalue weighted by molar-refractivity contribution is -0.137. The number of hydrogen-bond acceptors (Lipinski definition) is 2. The van der Waals surface area contributed by atoms with Crippen LogP contribution in [-0.4, -0.2) is 37.0 Å². The molecule has 1 aromatic rings. The Bertz CT molecular complexity index is 412. The maximum absolute atomic E-state index is 12.0. The molecule has 0 aliphatic carbocycles. The minimum absolute atomic E-state index is 0.0427. The fourth-order valence-electron chi connectivity index (χ4n) is 1.61. The van der Waals surface area contributed by atoms with Gasteiger partial charge in [0.1, 0.15) is 0 Å². The number of carbonyl (C=O) groups is 1. The maximum atomic E-state index is 12.0. The van der Waals surface area contributed by atoms with Crippen LogP contribution in [0.5, 0.6) is 0 Å². The van der Waals surface area contributed by atoms with Crippen LogP contribution in [0.4, 0.5) is 13.2 Å². The van der Waals surface area contributed by atoms with Gasteiger partial charge < -0.3 is 4.90 Å². The molecule has 0 saturated carbocycles. The predicted molar refractivity (Wildman–Crippen MR) is 68.3 cm³/mol. The molecule has 2 nitrogen and oxygen atoms in total. The van der Waals surface area contributed by atoms with Crippen molar-refractivity contribution in [2.45, 2.75) is 25.9 Å². The van der Waals surface area contributed by atoms with Gasteiger partial charge >= 0.3 is 6.18 Å². The van der Waals surface area contributed by atoms with Crippen molar-refractivity contribution in [3.05, 3.63) is 35.4 Å². The Balaban J connectivity index is 2.36. The molecule has 0 heterocycles. The largest absolute Gasteiger partial charge is 0.390 e. The SMILES string of the molecule is Cc1ccc(C(=O)CCN(C)CCC(F)(F)F)cc1. The third-order valence-corrected chi connectivity index (χ3v) is 2.87. The second-order valence-electron chi connectivity index (χ2n) is 4.71. The molecule has 1 rings (SSSR count). The van der Waals surface area contributed by atoms with Crippen LogP contribution in [-0.2, 0) is 0 Å². The molecule has 0 atom stereocenters. The molecular weight excluding hydrogens is 255 g/mol. The minimum Gasteiger partial charge on any atom is -0.306 e. The summed E-state index contributed by atoms with van der Waals surface area (Å²) in [5.41, 5.74) is 1.67. The Morgan fingerprint density at radius 1 is 1.16 bits per heavy atom. The van der Waals surface area contributed by atoms with Crippen LogP contribution < -0.4 is 0 Å². The standard InChI is InChI=1S/C14H18F3NO/c1-11-3-5-12(6-4-11)13(19)7-9-18(2)10-8-14(15,16)17/h3-6H,7-10H2,1-2H3. The summed E-state index contributed by atoms with van der Waals surface area (Å²) in [7, 11) is 1.59. The van der Waals surface area contributed by atoms with E-state index in [1.54, 1.807) is 19.2 Å². The highest BCUT2D eigenvalue weighted by molar-refractivity contribution is 5.96. The van der Waals surface area contributed by atoms with Crippen molar-refractivity contribution >= 4 is 5.78 Å². The highest BCUT2D eigenvalue weighted by Crippen LogP contribution is 2.19. The zero-order chi connectivity index (χ0) is 14.5. The molecule has 0 aliphatic heterocycles. The Morgan fingerprint density at radius 3 is 2.26 bits per heavy atom. The topological polar surface area (TPSA) is 20.3 Å². The number of Topliss-reactive ketones (excluding diaryl/α,β-unsaturated/α-hetero) is 1. The van der Waals surface area contributed by atoms with Gasteiger partial charge in [0.2, 0.25) is 0 Å². The van der Waals surface area contributed by atoms with Gasteiger partial charge in [-0.05, 0) is 14.0 Å². The van der Waals surface area contributed by atoms with Crippen molar-refractivity contribution in [2.24, 2.45) is 0 Å². The number of alkyl halides is 3. The fourth-order valence-corrected chi connectivity index (χ4v) is 1.61. The van der Waals surface area contributed by atoms with Gasteiger partial charge in [-0.15, -0.1) is 0 Å². The minimum atomic E-state index is -4.14. The van der Waals surface area contributed by atoms with Gasteiger partial charge in [0, 0.05) is 25.1 Å². The van der Waals surface area contributed by atoms with Gasteiger partial charge in [0.25, 0.3) is 0 Å². The number of aryl methyl sites for hydroxylation is 1. The normalized spacial score (nSPS) is 11.9. The Hall–Kier alpha value is -1.36. The average Bonchev–Trinajstić information content (AvgIpc) is 2.33. The summed E-state index contributed by atoms with van der Waals surface area (Å²) in [6.07, 6.45) is -4.76. The van der Waals surface area contributed by atoms with Crippen molar-refractivity contribution in [1.82, 2.24) is 4.90 Å². The first kappa shape index (κ1) is 15.7. The van der Waals surface area contributed by atoms with E-state index in [9.17, 15) is 18.0 Å². The number of hydrogen-bond donors (Lipinski definition) is 0. The predicted octanol–water partition coefficient (Wildman–Crippen LogP) is 3.45. The lowest BCUT2D eigenvalue weighted by Crippen LogP contribution is -2.26. The van der Waals surface area contributed by atoms with E-state index in [-0.39, 0.29) is 18.7 Å². The lowest BCUT2D eigenvalue weighted by Gasteiger charge is -2.17. The second-order valence-corrected chi connectivity index (χ2v) is 4.71. The Morgan fingerprint density at radius 2 is 1.74 bits per heavy atom. The summed E-state index contributed by atoms with van der Waals surface area (Å²) in [5.74, 6) is -0.0427. The molecule has 0 amide bonds. The van der Waals surface area contributed by atoms with Crippen LogP contribution in [0.3, 0.4) is 0 Å². The molecule has 0 unspecified atom stereocenters. The molecule has 0 spiro atoms. The summed E-state index contributed by atoms with van der Waals surface area (Å²) in [4.78, 5) is 13.3. The monoisotopic (exact) mass is 273 g/mol. The first-order chi connectivity index (χ1) is 8.78. The first-order valence-corrected chi connectivity index (χ1v) is 6.13. The molecular formula is C14H18F3NO. The molecule has 1 aromatic carbocycles. The van der Waals surface area contributed by atoms with Crippen LogP contribution in [0.2, 0.25) is 0 Å². The van der Waals surface area contributed by atoms with E-state index in [1.165, 1.54) is 4.90 Å². The Labute approximate surface area is 111 Å². The number of halogens is 3. The van der Waals surface area contributed by atoms with E-state index < -0.39 is 12.6 Å². The summed E-state index contributed by atoms with van der Waals surface area (Å²) in [5, 5.41) is 0. The third-order valence-electron chi connectivity index (χ3n) is 2.87. The van der Waals surface area contributed by atoms with Gasteiger partial charge in [-0.3, -0.25) is 4.79 Å². The molecule has 0 N–H and O–H groups in total. The summed E-state index contributed by atoms with van der Waals surface area (Å²) < 4.78 is 36.1. The molecule has 0 bridgehead atoms. The summed E-state index contributed by atoms with van der Waals surface area (Å²) in [6, 6.07) is 7.18. The highest BCUT2D eigenvalue weighted by Gasteiger charge is 2.27. The van der Waals surface area contributed by atoms with Gasteiger partial charge in [0.15, 0.2) is 5.78 Å². The number of nitrogens with zero attached hydrogens (tertiary/aromatic N) is 1. The zero-order valence-corrected chi connectivity index (χ0v) is 11.1. The van der Waals surface area contributed by atoms with E-state index >= 15 is 0 Å². The first-order valence-electron chi connectivity index (χ1n) is 6.13. The van der Waals surface area contributed by atoms with Crippen LogP contribution in [0.25, 0.3) is 0 Å². The molecule has 106 valence electrons. The van der Waals surface area contributed by atoms with E-state index in [0.717, 1.165) is 5.56 Å². The molecule has 5 heteroatoms. The molecule has 0 fully saturated rings. The molecule has 0 aliphatic rings. The van der Waals surface area contributed by atoms with Crippen LogP contribution in [0.15, 0.2) is 24.3 Å². The van der Waals surface area contributed by atoms with Crippen molar-refractivity contribution in [3.8, 4) is 0 Å². The molecule has 0 saturated heterocycles. The van der Waals surface area contributed by atoms with Gasteiger partial charge in [-0.2, -0.15) is 13.2 Å². The maximum Gasteiger partial charge on any atom is 0.390 e. The Kier molecular flexibility index (Phi) is 5.54. The highest BCUT2D eigenvalue weighted by atomic mass is 19.4. The lowest BCUT2D eigenvalue weighted by atomic mass is 10.1. The average molecular weight is 273 g/mol. The van der Waals surface area contributed by atoms with Crippen LogP contribution >= 0.6 is 0 Å². The van der Waals surface area contributed by atoms with Gasteiger partial charge in [0.05, 0.1) is 6.42 Å². The van der Waals surface area contributed by atoms with Gasteiger partial charge in [-0.25, -0.2) is 0 Å². The summed E-state index contributed by atoms with van der Waals surface area (Å²) >= 11 is 0. The van der Waals surface area contributed by atoms with Crippen molar-refractivity contribution in [3.63, 3.8) is 0 Å². The van der Waals surface area contributed by atoms with Gasteiger partial charge in [-0.1, -0.05) is 29.8 Å². The van der Waals surface area contributed by atoms with Crippen molar-refractivity contribution < 1.29 is 18.0 Å². The molecule has 19 heavy (non-hydrogen) atoms. The molecule has 0 radical (unpaired) electrons. The van der Waals surface area contributed by atoms with E-state index in [1.807, 2.05) is 19.1 Å². The quantitative estimate of drug-likeness (QED) is 0.740. The van der Waals surface area contributed by atoms with Crippen LogP contribution in [0.1, 0.15) is 28.8 Å². The molecule has 0 aromatic heterocycles. The number of rotatable bonds is 6. The number of benzene rings is 1. The summed E-state index contributed by atoms with van der Waals surface area (Å²) in [6.45, 7) is 2.19. The smallest absolute Gasteiger partial charge is 0.306 e. The van der Waals surface area contributed by atoms with E-state index in [0.29, 0.717) is 12.1 Å². The third kappa shape index (κ3) is 6.38. The van der Waals surface area contributed by atoms with Crippen molar-refractivity contribution in [2.75, 3.05) is 20.1 Å². The number of ketones is 1. The zero-order valence-electron chi connectivity index (χ0n) is 11.1. The van der Waals surface area contributed by atoms with E-state index in [4.69, 9.17) is 0 Å². The van der Waals surface area contributed by atoms with E-state index in [2.05, 4.69) is 0 Å². The van der Waals surface area contributed by atoms with Crippen LogP contribution in [0, 0.1) is 6.92 Å². The van der Waals surface area contributed by atoms with Crippen molar-refractivity contribution in [1.29, 1.82) is 0 Å². The second kappa shape index (κ2) is 6.70. The fraction of sp³-hybridized carbons (Fsp3) is 0.500.